The van der Waals surface area contributed by atoms with Gasteiger partial charge in [-0.1, -0.05) is 43.2 Å². The predicted octanol–water partition coefficient (Wildman–Crippen LogP) is 2.62. The van der Waals surface area contributed by atoms with E-state index < -0.39 is 17.8 Å². The summed E-state index contributed by atoms with van der Waals surface area (Å²) in [6.07, 6.45) is 2.96. The van der Waals surface area contributed by atoms with Gasteiger partial charge in [0.25, 0.3) is 0 Å². The molecule has 0 spiro atoms. The molecule has 2 atom stereocenters. The van der Waals surface area contributed by atoms with Crippen LogP contribution in [0.2, 0.25) is 0 Å². The van der Waals surface area contributed by atoms with Crippen molar-refractivity contribution in [3.8, 4) is 0 Å². The van der Waals surface area contributed by atoms with Gasteiger partial charge in [-0.3, -0.25) is 9.59 Å². The molecule has 2 rings (SSSR count). The van der Waals surface area contributed by atoms with Crippen molar-refractivity contribution in [3.05, 3.63) is 35.9 Å². The third-order valence-electron chi connectivity index (χ3n) is 3.61. The van der Waals surface area contributed by atoms with E-state index in [9.17, 15) is 9.59 Å². The second kappa shape index (κ2) is 6.36. The van der Waals surface area contributed by atoms with E-state index >= 15 is 0 Å². The van der Waals surface area contributed by atoms with Gasteiger partial charge in [0.05, 0.1) is 11.8 Å². The standard InChI is InChI=1S/C15H18O4/c16-14(17)12-8-4-5-9-13(12)15(18)19-10-11-6-2-1-3-7-11/h1-3,6-7,12-13H,4-5,8-10H2,(H,16,17). The lowest BCUT2D eigenvalue weighted by atomic mass is 9.79. The van der Waals surface area contributed by atoms with Crippen molar-refractivity contribution in [3.63, 3.8) is 0 Å². The molecular weight excluding hydrogens is 244 g/mol. The van der Waals surface area contributed by atoms with Gasteiger partial charge in [-0.25, -0.2) is 0 Å². The van der Waals surface area contributed by atoms with Crippen LogP contribution in [0.5, 0.6) is 0 Å². The van der Waals surface area contributed by atoms with Crippen LogP contribution in [0.15, 0.2) is 30.3 Å². The van der Waals surface area contributed by atoms with Crippen molar-refractivity contribution in [2.75, 3.05) is 0 Å². The molecule has 102 valence electrons. The average Bonchev–Trinajstić information content (AvgIpc) is 2.46. The number of ether oxygens (including phenoxy) is 1. The Morgan fingerprint density at radius 1 is 1.11 bits per heavy atom. The summed E-state index contributed by atoms with van der Waals surface area (Å²) < 4.78 is 5.25. The second-order valence-electron chi connectivity index (χ2n) is 4.93. The fraction of sp³-hybridized carbons (Fsp3) is 0.467. The summed E-state index contributed by atoms with van der Waals surface area (Å²) in [5.41, 5.74) is 0.915. The normalized spacial score (nSPS) is 22.7. The maximum absolute atomic E-state index is 12.0. The van der Waals surface area contributed by atoms with Gasteiger partial charge in [0.1, 0.15) is 6.61 Å². The monoisotopic (exact) mass is 262 g/mol. The molecule has 0 radical (unpaired) electrons. The Morgan fingerprint density at radius 2 is 1.74 bits per heavy atom. The Balaban J connectivity index is 1.93. The first-order valence-electron chi connectivity index (χ1n) is 6.62. The topological polar surface area (TPSA) is 63.6 Å². The maximum Gasteiger partial charge on any atom is 0.310 e. The van der Waals surface area contributed by atoms with Crippen molar-refractivity contribution >= 4 is 11.9 Å². The zero-order valence-corrected chi connectivity index (χ0v) is 10.7. The number of carbonyl (C=O) groups is 2. The predicted molar refractivity (Wildman–Crippen MR) is 69.3 cm³/mol. The van der Waals surface area contributed by atoms with Gasteiger partial charge < -0.3 is 9.84 Å². The summed E-state index contributed by atoms with van der Waals surface area (Å²) in [7, 11) is 0. The van der Waals surface area contributed by atoms with Crippen LogP contribution in [0.1, 0.15) is 31.2 Å². The number of carboxylic acids is 1. The summed E-state index contributed by atoms with van der Waals surface area (Å²) in [5.74, 6) is -2.34. The fourth-order valence-corrected chi connectivity index (χ4v) is 2.54. The van der Waals surface area contributed by atoms with E-state index in [0.717, 1.165) is 18.4 Å². The Bertz CT molecular complexity index is 441. The lowest BCUT2D eigenvalue weighted by Gasteiger charge is -2.26. The van der Waals surface area contributed by atoms with Crippen LogP contribution < -0.4 is 0 Å². The Labute approximate surface area is 112 Å². The van der Waals surface area contributed by atoms with Gasteiger partial charge in [-0.05, 0) is 18.4 Å². The van der Waals surface area contributed by atoms with Crippen LogP contribution in [-0.4, -0.2) is 17.0 Å². The largest absolute Gasteiger partial charge is 0.481 e. The summed E-state index contributed by atoms with van der Waals surface area (Å²) in [6.45, 7) is 0.211. The number of rotatable bonds is 4. The van der Waals surface area contributed by atoms with Crippen LogP contribution in [0, 0.1) is 11.8 Å². The lowest BCUT2D eigenvalue weighted by Crippen LogP contribution is -2.33. The van der Waals surface area contributed by atoms with Crippen molar-refractivity contribution < 1.29 is 19.4 Å². The summed E-state index contributed by atoms with van der Waals surface area (Å²) >= 11 is 0. The minimum Gasteiger partial charge on any atom is -0.481 e. The number of carboxylic acid groups (broad SMARTS) is 1. The quantitative estimate of drug-likeness (QED) is 0.847. The van der Waals surface area contributed by atoms with Crippen LogP contribution in [0.25, 0.3) is 0 Å². The first-order chi connectivity index (χ1) is 9.18. The average molecular weight is 262 g/mol. The van der Waals surface area contributed by atoms with Crippen molar-refractivity contribution in [1.82, 2.24) is 0 Å². The molecule has 0 saturated heterocycles. The van der Waals surface area contributed by atoms with Crippen LogP contribution in [-0.2, 0) is 20.9 Å². The summed E-state index contributed by atoms with van der Waals surface area (Å²) in [4.78, 5) is 23.1. The smallest absolute Gasteiger partial charge is 0.310 e. The van der Waals surface area contributed by atoms with E-state index in [1.165, 1.54) is 0 Å². The molecule has 1 saturated carbocycles. The van der Waals surface area contributed by atoms with Crippen LogP contribution in [0.3, 0.4) is 0 Å². The minimum absolute atomic E-state index is 0.211. The number of esters is 1. The molecule has 1 aromatic rings. The van der Waals surface area contributed by atoms with Crippen molar-refractivity contribution in [2.45, 2.75) is 32.3 Å². The zero-order valence-electron chi connectivity index (χ0n) is 10.7. The van der Waals surface area contributed by atoms with E-state index in [-0.39, 0.29) is 12.6 Å². The van der Waals surface area contributed by atoms with Crippen LogP contribution in [0.4, 0.5) is 0 Å². The van der Waals surface area contributed by atoms with Crippen molar-refractivity contribution in [2.24, 2.45) is 11.8 Å². The Kier molecular flexibility index (Phi) is 4.55. The van der Waals surface area contributed by atoms with Crippen molar-refractivity contribution in [1.29, 1.82) is 0 Å². The van der Waals surface area contributed by atoms with Gasteiger partial charge in [0.15, 0.2) is 0 Å². The molecule has 1 fully saturated rings. The Morgan fingerprint density at radius 3 is 2.37 bits per heavy atom. The molecule has 2 unspecified atom stereocenters. The molecule has 0 heterocycles. The third kappa shape index (κ3) is 3.56. The van der Waals surface area contributed by atoms with Gasteiger partial charge in [-0.15, -0.1) is 0 Å². The van der Waals surface area contributed by atoms with Gasteiger partial charge in [0, 0.05) is 0 Å². The minimum atomic E-state index is -0.888. The third-order valence-corrected chi connectivity index (χ3v) is 3.61. The van der Waals surface area contributed by atoms with Gasteiger partial charge in [0.2, 0.25) is 0 Å². The highest BCUT2D eigenvalue weighted by molar-refractivity contribution is 5.81. The molecule has 0 bridgehead atoms. The molecule has 0 amide bonds. The van der Waals surface area contributed by atoms with Gasteiger partial charge >= 0.3 is 11.9 Å². The van der Waals surface area contributed by atoms with E-state index in [4.69, 9.17) is 9.84 Å². The second-order valence-corrected chi connectivity index (χ2v) is 4.93. The lowest BCUT2D eigenvalue weighted by molar-refractivity contribution is -0.160. The van der Waals surface area contributed by atoms with E-state index in [0.29, 0.717) is 12.8 Å². The van der Waals surface area contributed by atoms with Gasteiger partial charge in [-0.2, -0.15) is 0 Å². The molecule has 0 aliphatic heterocycles. The molecule has 0 aromatic heterocycles. The highest BCUT2D eigenvalue weighted by Crippen LogP contribution is 2.31. The highest BCUT2D eigenvalue weighted by atomic mass is 16.5. The number of carbonyl (C=O) groups excluding carboxylic acids is 1. The van der Waals surface area contributed by atoms with E-state index in [1.807, 2.05) is 30.3 Å². The number of benzene rings is 1. The summed E-state index contributed by atoms with van der Waals surface area (Å²) in [5, 5.41) is 9.14. The zero-order chi connectivity index (χ0) is 13.7. The molecule has 1 aliphatic rings. The molecule has 1 aliphatic carbocycles. The highest BCUT2D eigenvalue weighted by Gasteiger charge is 2.36. The van der Waals surface area contributed by atoms with E-state index in [1.54, 1.807) is 0 Å². The number of aliphatic carboxylic acids is 1. The molecule has 4 heteroatoms. The fourth-order valence-electron chi connectivity index (χ4n) is 2.54. The molecule has 19 heavy (non-hydrogen) atoms. The first-order valence-corrected chi connectivity index (χ1v) is 6.62. The molecule has 1 N–H and O–H groups in total. The molecule has 4 nitrogen and oxygen atoms in total. The summed E-state index contributed by atoms with van der Waals surface area (Å²) in [6, 6.07) is 9.41. The SMILES string of the molecule is O=C(O)C1CCCCC1C(=O)OCc1ccccc1. The number of hydrogen-bond donors (Lipinski definition) is 1. The first kappa shape index (κ1) is 13.6. The Hall–Kier alpha value is -1.84. The molecule has 1 aromatic carbocycles. The molecular formula is C15H18O4. The van der Waals surface area contributed by atoms with Crippen LogP contribution >= 0.6 is 0 Å². The number of hydrogen-bond acceptors (Lipinski definition) is 3. The maximum atomic E-state index is 12.0. The van der Waals surface area contributed by atoms with E-state index in [2.05, 4.69) is 0 Å².